The van der Waals surface area contributed by atoms with Gasteiger partial charge < -0.3 is 5.32 Å². The van der Waals surface area contributed by atoms with Gasteiger partial charge in [-0.2, -0.15) is 0 Å². The summed E-state index contributed by atoms with van der Waals surface area (Å²) in [5.74, 6) is -0.450. The number of carbonyl (C=O) groups excluding carboxylic acids is 1. The van der Waals surface area contributed by atoms with Gasteiger partial charge in [0, 0.05) is 12.0 Å². The van der Waals surface area contributed by atoms with Gasteiger partial charge >= 0.3 is 0 Å². The van der Waals surface area contributed by atoms with E-state index in [0.717, 1.165) is 30.5 Å². The summed E-state index contributed by atoms with van der Waals surface area (Å²) in [6, 6.07) is 3.32. The fraction of sp³-hybridized carbons (Fsp3) is 0.533. The largest absolute Gasteiger partial charge is 0.316 e. The minimum absolute atomic E-state index is 0.0651. The number of ketones is 1. The van der Waals surface area contributed by atoms with Crippen molar-refractivity contribution in [3.05, 3.63) is 34.6 Å². The van der Waals surface area contributed by atoms with Gasteiger partial charge in [0.2, 0.25) is 0 Å². The van der Waals surface area contributed by atoms with Crippen molar-refractivity contribution in [1.29, 1.82) is 0 Å². The number of piperidine rings is 1. The maximum Gasteiger partial charge on any atom is 0.173 e. The van der Waals surface area contributed by atoms with Crippen molar-refractivity contribution in [2.45, 2.75) is 33.6 Å². The number of halogens is 1. The molecule has 3 heteroatoms. The van der Waals surface area contributed by atoms with Crippen LogP contribution in [0.3, 0.4) is 0 Å². The predicted molar refractivity (Wildman–Crippen MR) is 70.4 cm³/mol. The summed E-state index contributed by atoms with van der Waals surface area (Å²) in [6.45, 7) is 7.16. The molecule has 0 aromatic heterocycles. The molecule has 1 saturated heterocycles. The van der Waals surface area contributed by atoms with Gasteiger partial charge in [0.25, 0.3) is 0 Å². The van der Waals surface area contributed by atoms with Crippen molar-refractivity contribution in [2.24, 2.45) is 5.41 Å². The van der Waals surface area contributed by atoms with Crippen molar-refractivity contribution in [1.82, 2.24) is 5.32 Å². The third-order valence-electron chi connectivity index (χ3n) is 3.80. The zero-order valence-electron chi connectivity index (χ0n) is 11.3. The van der Waals surface area contributed by atoms with Gasteiger partial charge in [-0.1, -0.05) is 13.0 Å². The average Bonchev–Trinajstić information content (AvgIpc) is 2.28. The monoisotopic (exact) mass is 249 g/mol. The highest BCUT2D eigenvalue weighted by Crippen LogP contribution is 2.32. The Labute approximate surface area is 108 Å². The quantitative estimate of drug-likeness (QED) is 0.816. The molecule has 1 aliphatic heterocycles. The molecule has 0 bridgehead atoms. The molecule has 1 N–H and O–H groups in total. The van der Waals surface area contributed by atoms with E-state index in [0.29, 0.717) is 6.54 Å². The lowest BCUT2D eigenvalue weighted by Crippen LogP contribution is -2.43. The van der Waals surface area contributed by atoms with Crippen LogP contribution in [0.1, 0.15) is 41.3 Å². The lowest BCUT2D eigenvalue weighted by atomic mass is 9.75. The van der Waals surface area contributed by atoms with E-state index in [4.69, 9.17) is 0 Å². The lowest BCUT2D eigenvalue weighted by molar-refractivity contribution is 0.0767. The van der Waals surface area contributed by atoms with E-state index in [9.17, 15) is 9.18 Å². The normalized spacial score (nSPS) is 24.0. The third-order valence-corrected chi connectivity index (χ3v) is 3.80. The van der Waals surface area contributed by atoms with Crippen LogP contribution in [-0.2, 0) is 0 Å². The van der Waals surface area contributed by atoms with E-state index in [1.54, 1.807) is 0 Å². The number of carbonyl (C=O) groups is 1. The Hall–Kier alpha value is -1.22. The standard InChI is InChI=1S/C15H20FNO/c1-10-7-11(2)13(12(16)8-10)14(18)15(3)5-4-6-17-9-15/h7-8,17H,4-6,9H2,1-3H3. The Kier molecular flexibility index (Phi) is 3.53. The highest BCUT2D eigenvalue weighted by molar-refractivity contribution is 6.02. The molecule has 18 heavy (non-hydrogen) atoms. The maximum atomic E-state index is 14.0. The van der Waals surface area contributed by atoms with E-state index in [-0.39, 0.29) is 17.2 Å². The van der Waals surface area contributed by atoms with Crippen molar-refractivity contribution >= 4 is 5.78 Å². The topological polar surface area (TPSA) is 29.1 Å². The first-order chi connectivity index (χ1) is 8.44. The fourth-order valence-electron chi connectivity index (χ4n) is 2.76. The molecule has 1 aromatic carbocycles. The first-order valence-corrected chi connectivity index (χ1v) is 6.46. The van der Waals surface area contributed by atoms with Crippen LogP contribution in [0.5, 0.6) is 0 Å². The number of aryl methyl sites for hydroxylation is 2. The number of hydrogen-bond donors (Lipinski definition) is 1. The number of Topliss-reactive ketones (excluding diaryl/α,β-unsaturated/α-hetero) is 1. The molecule has 0 radical (unpaired) electrons. The van der Waals surface area contributed by atoms with E-state index < -0.39 is 5.41 Å². The highest BCUT2D eigenvalue weighted by atomic mass is 19.1. The SMILES string of the molecule is Cc1cc(C)c(C(=O)C2(C)CCCNC2)c(F)c1. The molecular weight excluding hydrogens is 229 g/mol. The zero-order valence-corrected chi connectivity index (χ0v) is 11.3. The first-order valence-electron chi connectivity index (χ1n) is 6.46. The lowest BCUT2D eigenvalue weighted by Gasteiger charge is -2.33. The molecule has 0 spiro atoms. The van der Waals surface area contributed by atoms with Crippen LogP contribution in [0.2, 0.25) is 0 Å². The molecule has 1 atom stereocenters. The molecule has 0 saturated carbocycles. The van der Waals surface area contributed by atoms with Crippen molar-refractivity contribution in [3.63, 3.8) is 0 Å². The van der Waals surface area contributed by atoms with Crippen LogP contribution >= 0.6 is 0 Å². The maximum absolute atomic E-state index is 14.0. The van der Waals surface area contributed by atoms with Crippen LogP contribution in [0.4, 0.5) is 4.39 Å². The Morgan fingerprint density at radius 1 is 1.39 bits per heavy atom. The van der Waals surface area contributed by atoms with Crippen LogP contribution in [0.25, 0.3) is 0 Å². The number of rotatable bonds is 2. The Balaban J connectivity index is 2.39. The van der Waals surface area contributed by atoms with Crippen LogP contribution in [0.15, 0.2) is 12.1 Å². The van der Waals surface area contributed by atoms with Gasteiger partial charge in [0.05, 0.1) is 5.56 Å². The van der Waals surface area contributed by atoms with Gasteiger partial charge in [-0.25, -0.2) is 4.39 Å². The Morgan fingerprint density at radius 2 is 2.11 bits per heavy atom. The van der Waals surface area contributed by atoms with Gasteiger partial charge in [-0.05, 0) is 50.4 Å². The molecule has 1 fully saturated rings. The van der Waals surface area contributed by atoms with E-state index in [1.165, 1.54) is 6.07 Å². The molecule has 2 rings (SSSR count). The van der Waals surface area contributed by atoms with Gasteiger partial charge in [0.1, 0.15) is 5.82 Å². The summed E-state index contributed by atoms with van der Waals surface area (Å²) < 4.78 is 14.0. The molecule has 1 heterocycles. The van der Waals surface area contributed by atoms with E-state index >= 15 is 0 Å². The number of benzene rings is 1. The molecular formula is C15H20FNO. The minimum Gasteiger partial charge on any atom is -0.316 e. The second-order valence-electron chi connectivity index (χ2n) is 5.61. The predicted octanol–water partition coefficient (Wildman–Crippen LogP) is 3.01. The summed E-state index contributed by atoms with van der Waals surface area (Å²) in [4.78, 5) is 12.6. The summed E-state index contributed by atoms with van der Waals surface area (Å²) in [6.07, 6.45) is 1.79. The molecule has 0 amide bonds. The zero-order chi connectivity index (χ0) is 13.3. The first kappa shape index (κ1) is 13.2. The van der Waals surface area contributed by atoms with Crippen LogP contribution in [-0.4, -0.2) is 18.9 Å². The van der Waals surface area contributed by atoms with Crippen molar-refractivity contribution < 1.29 is 9.18 Å². The van der Waals surface area contributed by atoms with Crippen molar-refractivity contribution in [2.75, 3.05) is 13.1 Å². The smallest absolute Gasteiger partial charge is 0.173 e. The molecule has 1 unspecified atom stereocenters. The third kappa shape index (κ3) is 2.32. The highest BCUT2D eigenvalue weighted by Gasteiger charge is 2.37. The second-order valence-corrected chi connectivity index (χ2v) is 5.61. The number of nitrogens with one attached hydrogen (secondary N) is 1. The number of hydrogen-bond acceptors (Lipinski definition) is 2. The Morgan fingerprint density at radius 3 is 2.67 bits per heavy atom. The van der Waals surface area contributed by atoms with Gasteiger partial charge in [-0.3, -0.25) is 4.79 Å². The summed E-state index contributed by atoms with van der Waals surface area (Å²) in [5, 5.41) is 3.23. The van der Waals surface area contributed by atoms with Gasteiger partial charge in [0.15, 0.2) is 5.78 Å². The summed E-state index contributed by atoms with van der Waals surface area (Å²) in [7, 11) is 0. The van der Waals surface area contributed by atoms with E-state index in [1.807, 2.05) is 26.8 Å². The minimum atomic E-state index is -0.473. The molecule has 0 aliphatic carbocycles. The van der Waals surface area contributed by atoms with Crippen LogP contribution < -0.4 is 5.32 Å². The fourth-order valence-corrected chi connectivity index (χ4v) is 2.76. The summed E-state index contributed by atoms with van der Waals surface area (Å²) >= 11 is 0. The van der Waals surface area contributed by atoms with Gasteiger partial charge in [-0.15, -0.1) is 0 Å². The molecule has 2 nitrogen and oxygen atoms in total. The van der Waals surface area contributed by atoms with Crippen molar-refractivity contribution in [3.8, 4) is 0 Å². The average molecular weight is 249 g/mol. The second kappa shape index (κ2) is 4.81. The molecule has 1 aromatic rings. The molecule has 98 valence electrons. The summed E-state index contributed by atoms with van der Waals surface area (Å²) in [5.41, 5.74) is 1.39. The molecule has 1 aliphatic rings. The van der Waals surface area contributed by atoms with E-state index in [2.05, 4.69) is 5.32 Å². The Bertz CT molecular complexity index is 452. The van der Waals surface area contributed by atoms with Crippen LogP contribution in [0, 0.1) is 25.1 Å².